The first-order valence-corrected chi connectivity index (χ1v) is 6.64. The molecule has 0 aromatic carbocycles. The van der Waals surface area contributed by atoms with Gasteiger partial charge in [-0.2, -0.15) is 0 Å². The minimum absolute atomic E-state index is 0.00187. The molecule has 0 bridgehead atoms. The highest BCUT2D eigenvalue weighted by Crippen LogP contribution is 2.30. The Morgan fingerprint density at radius 3 is 2.65 bits per heavy atom. The van der Waals surface area contributed by atoms with Gasteiger partial charge >= 0.3 is 11.7 Å². The largest absolute Gasteiger partial charge is 0.481 e. The number of aromatic nitrogens is 1. The van der Waals surface area contributed by atoms with Gasteiger partial charge in [0.15, 0.2) is 0 Å². The van der Waals surface area contributed by atoms with E-state index >= 15 is 0 Å². The van der Waals surface area contributed by atoms with Crippen LogP contribution in [0.5, 0.6) is 0 Å². The molecule has 2 N–H and O–H groups in total. The highest BCUT2D eigenvalue weighted by Gasteiger charge is 2.27. The highest BCUT2D eigenvalue weighted by atomic mass is 35.5. The predicted octanol–water partition coefficient (Wildman–Crippen LogP) is 2.70. The molecular formula is C12H14ClN3O4. The van der Waals surface area contributed by atoms with Crippen molar-refractivity contribution in [3.8, 4) is 0 Å². The molecule has 8 heteroatoms. The minimum Gasteiger partial charge on any atom is -0.481 e. The summed E-state index contributed by atoms with van der Waals surface area (Å²) in [6.45, 7) is 0. The van der Waals surface area contributed by atoms with E-state index in [0.29, 0.717) is 25.7 Å². The number of nitrogens with zero attached hydrogens (tertiary/aromatic N) is 2. The number of anilines is 1. The van der Waals surface area contributed by atoms with Crippen LogP contribution < -0.4 is 5.32 Å². The fourth-order valence-corrected chi connectivity index (χ4v) is 2.51. The second-order valence-electron chi connectivity index (χ2n) is 4.81. The maximum absolute atomic E-state index is 10.9. The third kappa shape index (κ3) is 3.36. The van der Waals surface area contributed by atoms with Crippen molar-refractivity contribution in [1.29, 1.82) is 0 Å². The van der Waals surface area contributed by atoms with Crippen LogP contribution in [0.4, 0.5) is 11.5 Å². The van der Waals surface area contributed by atoms with Gasteiger partial charge < -0.3 is 10.4 Å². The molecule has 1 saturated carbocycles. The van der Waals surface area contributed by atoms with Gasteiger partial charge in [0.1, 0.15) is 0 Å². The lowest BCUT2D eigenvalue weighted by molar-refractivity contribution is -0.384. The van der Waals surface area contributed by atoms with Gasteiger partial charge in [0.2, 0.25) is 5.82 Å². The molecule has 1 heterocycles. The molecule has 1 aromatic rings. The van der Waals surface area contributed by atoms with Crippen molar-refractivity contribution >= 4 is 29.1 Å². The van der Waals surface area contributed by atoms with Gasteiger partial charge in [-0.3, -0.25) is 14.9 Å². The van der Waals surface area contributed by atoms with Gasteiger partial charge in [0.25, 0.3) is 0 Å². The zero-order chi connectivity index (χ0) is 14.7. The molecule has 0 radical (unpaired) electrons. The Morgan fingerprint density at radius 1 is 1.45 bits per heavy atom. The smallest absolute Gasteiger partial charge is 0.312 e. The average Bonchev–Trinajstić information content (AvgIpc) is 2.41. The summed E-state index contributed by atoms with van der Waals surface area (Å²) in [5, 5.41) is 23.1. The number of pyridine rings is 1. The number of aliphatic carboxylic acids is 1. The first-order chi connectivity index (χ1) is 9.47. The van der Waals surface area contributed by atoms with Crippen LogP contribution in [0.1, 0.15) is 25.7 Å². The predicted molar refractivity (Wildman–Crippen MR) is 72.9 cm³/mol. The fourth-order valence-electron chi connectivity index (χ4n) is 2.36. The van der Waals surface area contributed by atoms with Crippen molar-refractivity contribution < 1.29 is 14.8 Å². The third-order valence-electron chi connectivity index (χ3n) is 3.45. The van der Waals surface area contributed by atoms with E-state index in [2.05, 4.69) is 10.3 Å². The number of hydrogen-bond acceptors (Lipinski definition) is 5. The summed E-state index contributed by atoms with van der Waals surface area (Å²) in [7, 11) is 0. The Hall–Kier alpha value is -1.89. The summed E-state index contributed by atoms with van der Waals surface area (Å²) in [5.41, 5.74) is -0.169. The van der Waals surface area contributed by atoms with Crippen LogP contribution >= 0.6 is 11.6 Å². The zero-order valence-corrected chi connectivity index (χ0v) is 11.3. The number of rotatable bonds is 4. The topological polar surface area (TPSA) is 105 Å². The maximum atomic E-state index is 10.9. The summed E-state index contributed by atoms with van der Waals surface area (Å²) in [4.78, 5) is 25.2. The van der Waals surface area contributed by atoms with Crippen LogP contribution in [0.2, 0.25) is 5.02 Å². The fraction of sp³-hybridized carbons (Fsp3) is 0.500. The van der Waals surface area contributed by atoms with Gasteiger partial charge in [-0.1, -0.05) is 11.6 Å². The van der Waals surface area contributed by atoms with E-state index in [1.807, 2.05) is 0 Å². The van der Waals surface area contributed by atoms with Crippen LogP contribution in [0.15, 0.2) is 12.3 Å². The van der Waals surface area contributed by atoms with Gasteiger partial charge in [0.05, 0.1) is 15.9 Å². The Morgan fingerprint density at radius 2 is 2.10 bits per heavy atom. The highest BCUT2D eigenvalue weighted by molar-refractivity contribution is 6.30. The van der Waals surface area contributed by atoms with E-state index in [4.69, 9.17) is 16.7 Å². The Bertz CT molecular complexity index is 529. The van der Waals surface area contributed by atoms with E-state index in [-0.39, 0.29) is 28.5 Å². The van der Waals surface area contributed by atoms with Crippen molar-refractivity contribution in [3.05, 3.63) is 27.4 Å². The lowest BCUT2D eigenvalue weighted by Crippen LogP contribution is -2.29. The lowest BCUT2D eigenvalue weighted by Gasteiger charge is -2.27. The van der Waals surface area contributed by atoms with Gasteiger partial charge in [0, 0.05) is 18.3 Å². The number of nitrogens with one attached hydrogen (secondary N) is 1. The Kier molecular flexibility index (Phi) is 4.39. The summed E-state index contributed by atoms with van der Waals surface area (Å²) in [6.07, 6.45) is 3.78. The Labute approximate surface area is 120 Å². The van der Waals surface area contributed by atoms with Crippen molar-refractivity contribution in [2.45, 2.75) is 31.7 Å². The summed E-state index contributed by atoms with van der Waals surface area (Å²) in [5.74, 6) is -0.918. The van der Waals surface area contributed by atoms with Crippen LogP contribution in [-0.4, -0.2) is 27.0 Å². The first kappa shape index (κ1) is 14.5. The number of hydrogen-bond donors (Lipinski definition) is 2. The second-order valence-corrected chi connectivity index (χ2v) is 5.25. The lowest BCUT2D eigenvalue weighted by atomic mass is 9.86. The third-order valence-corrected chi connectivity index (χ3v) is 3.65. The van der Waals surface area contributed by atoms with E-state index in [1.165, 1.54) is 12.3 Å². The summed E-state index contributed by atoms with van der Waals surface area (Å²) < 4.78 is 0. The van der Waals surface area contributed by atoms with E-state index in [9.17, 15) is 14.9 Å². The van der Waals surface area contributed by atoms with Crippen molar-refractivity contribution in [2.75, 3.05) is 5.32 Å². The molecular weight excluding hydrogens is 286 g/mol. The molecule has 1 fully saturated rings. The molecule has 7 nitrogen and oxygen atoms in total. The number of carboxylic acid groups (broad SMARTS) is 1. The molecule has 0 spiro atoms. The van der Waals surface area contributed by atoms with E-state index < -0.39 is 10.9 Å². The van der Waals surface area contributed by atoms with Crippen molar-refractivity contribution in [3.63, 3.8) is 0 Å². The SMILES string of the molecule is O=C(O)C1CCC(Nc2ncc(Cl)cc2[N+](=O)[O-])CC1. The van der Waals surface area contributed by atoms with Crippen LogP contribution in [-0.2, 0) is 4.79 Å². The number of halogens is 1. The number of carbonyl (C=O) groups is 1. The van der Waals surface area contributed by atoms with Gasteiger partial charge in [-0.25, -0.2) is 4.98 Å². The van der Waals surface area contributed by atoms with Crippen LogP contribution in [0.3, 0.4) is 0 Å². The van der Waals surface area contributed by atoms with Gasteiger partial charge in [-0.15, -0.1) is 0 Å². The molecule has 0 unspecified atom stereocenters. The standard InChI is InChI=1S/C12H14ClN3O4/c13-8-5-10(16(19)20)11(14-6-8)15-9-3-1-7(2-4-9)12(17)18/h5-7,9H,1-4H2,(H,14,15)(H,17,18). The zero-order valence-electron chi connectivity index (χ0n) is 10.6. The molecule has 0 saturated heterocycles. The summed E-state index contributed by atoms with van der Waals surface area (Å²) >= 11 is 5.70. The molecule has 108 valence electrons. The average molecular weight is 300 g/mol. The second kappa shape index (κ2) is 6.04. The molecule has 0 amide bonds. The first-order valence-electron chi connectivity index (χ1n) is 6.26. The molecule has 20 heavy (non-hydrogen) atoms. The van der Waals surface area contributed by atoms with E-state index in [1.54, 1.807) is 0 Å². The molecule has 2 rings (SSSR count). The molecule has 1 aliphatic rings. The quantitative estimate of drug-likeness (QED) is 0.654. The molecule has 0 aliphatic heterocycles. The van der Waals surface area contributed by atoms with Crippen LogP contribution in [0, 0.1) is 16.0 Å². The van der Waals surface area contributed by atoms with Crippen molar-refractivity contribution in [2.24, 2.45) is 5.92 Å². The number of carboxylic acids is 1. The monoisotopic (exact) mass is 299 g/mol. The molecule has 0 atom stereocenters. The molecule has 1 aliphatic carbocycles. The minimum atomic E-state index is -0.779. The Balaban J connectivity index is 2.04. The van der Waals surface area contributed by atoms with Crippen molar-refractivity contribution in [1.82, 2.24) is 4.98 Å². The van der Waals surface area contributed by atoms with Crippen LogP contribution in [0.25, 0.3) is 0 Å². The normalized spacial score (nSPS) is 22.2. The summed E-state index contributed by atoms with van der Waals surface area (Å²) in [6, 6.07) is 1.25. The molecule has 1 aromatic heterocycles. The maximum Gasteiger partial charge on any atom is 0.312 e. The van der Waals surface area contributed by atoms with E-state index in [0.717, 1.165) is 0 Å². The van der Waals surface area contributed by atoms with Gasteiger partial charge in [-0.05, 0) is 25.7 Å². The number of nitro groups is 1.